The second kappa shape index (κ2) is 8.16. The number of aromatic nitrogens is 3. The van der Waals surface area contributed by atoms with Crippen molar-refractivity contribution >= 4 is 22.6 Å². The van der Waals surface area contributed by atoms with E-state index in [1.54, 1.807) is 24.4 Å². The second-order valence-electron chi connectivity index (χ2n) is 7.16. The number of furan rings is 1. The molecule has 0 bridgehead atoms. The van der Waals surface area contributed by atoms with Gasteiger partial charge in [0.25, 0.3) is 5.89 Å². The van der Waals surface area contributed by atoms with Crippen molar-refractivity contribution in [1.82, 2.24) is 15.1 Å². The van der Waals surface area contributed by atoms with Crippen LogP contribution in [0.15, 0.2) is 45.5 Å². The average Bonchev–Trinajstić information content (AvgIpc) is 3.40. The molecule has 156 valence electrons. The molecule has 0 aliphatic heterocycles. The van der Waals surface area contributed by atoms with E-state index in [2.05, 4.69) is 22.0 Å². The summed E-state index contributed by atoms with van der Waals surface area (Å²) in [5.41, 5.74) is 7.35. The molecule has 8 nitrogen and oxygen atoms in total. The minimum Gasteiger partial charge on any atom is -0.459 e. The van der Waals surface area contributed by atoms with E-state index in [-0.39, 0.29) is 5.76 Å². The van der Waals surface area contributed by atoms with Crippen molar-refractivity contribution < 1.29 is 19.2 Å². The zero-order chi connectivity index (χ0) is 21.3. The minimum atomic E-state index is -1.39. The number of aliphatic hydroxyl groups is 2. The number of fused-ring (bicyclic) bond motifs is 1. The van der Waals surface area contributed by atoms with Crippen molar-refractivity contribution in [3.8, 4) is 22.8 Å². The standard InChI is InChI=1S/C21H21ClN4O4/c1-2-3-14-5-4-12(9-24-14)20-25-19(26-30-20)15-6-13-7-18(21(23,10-27)11-28)29-17(13)8-16(15)22/h4-9,27-28H,2-3,10-11,23H2,1H3. The van der Waals surface area contributed by atoms with Crippen molar-refractivity contribution in [2.24, 2.45) is 5.73 Å². The van der Waals surface area contributed by atoms with Crippen LogP contribution in [0, 0.1) is 0 Å². The number of halogens is 1. The van der Waals surface area contributed by atoms with Crippen LogP contribution in [0.3, 0.4) is 0 Å². The number of pyridine rings is 1. The Kier molecular flexibility index (Phi) is 5.57. The van der Waals surface area contributed by atoms with Gasteiger partial charge in [0.2, 0.25) is 5.82 Å². The predicted octanol–water partition coefficient (Wildman–Crippen LogP) is 3.29. The largest absolute Gasteiger partial charge is 0.459 e. The van der Waals surface area contributed by atoms with Gasteiger partial charge in [0, 0.05) is 28.9 Å². The lowest BCUT2D eigenvalue weighted by atomic mass is 10.00. The summed E-state index contributed by atoms with van der Waals surface area (Å²) in [6, 6.07) is 8.85. The van der Waals surface area contributed by atoms with Gasteiger partial charge in [0.05, 0.1) is 23.8 Å². The third-order valence-electron chi connectivity index (χ3n) is 4.91. The molecular weight excluding hydrogens is 408 g/mol. The maximum absolute atomic E-state index is 9.50. The van der Waals surface area contributed by atoms with Crippen LogP contribution < -0.4 is 5.73 Å². The van der Waals surface area contributed by atoms with Gasteiger partial charge in [-0.3, -0.25) is 4.98 Å². The van der Waals surface area contributed by atoms with Gasteiger partial charge in [-0.2, -0.15) is 4.98 Å². The van der Waals surface area contributed by atoms with Crippen LogP contribution >= 0.6 is 11.6 Å². The fourth-order valence-electron chi connectivity index (χ4n) is 3.09. The fraction of sp³-hybridized carbons (Fsp3) is 0.286. The highest BCUT2D eigenvalue weighted by Gasteiger charge is 2.30. The molecule has 3 heterocycles. The van der Waals surface area contributed by atoms with E-state index in [4.69, 9.17) is 26.3 Å². The number of hydrogen-bond donors (Lipinski definition) is 3. The van der Waals surface area contributed by atoms with E-state index < -0.39 is 18.8 Å². The van der Waals surface area contributed by atoms with Gasteiger partial charge >= 0.3 is 0 Å². The number of hydrogen-bond acceptors (Lipinski definition) is 8. The summed E-state index contributed by atoms with van der Waals surface area (Å²) in [5, 5.41) is 24.1. The van der Waals surface area contributed by atoms with Crippen molar-refractivity contribution in [1.29, 1.82) is 0 Å². The summed E-state index contributed by atoms with van der Waals surface area (Å²) in [7, 11) is 0. The summed E-state index contributed by atoms with van der Waals surface area (Å²) in [4.78, 5) is 8.85. The Morgan fingerprint density at radius 3 is 2.63 bits per heavy atom. The summed E-state index contributed by atoms with van der Waals surface area (Å²) < 4.78 is 11.1. The molecule has 0 fully saturated rings. The molecule has 4 N–H and O–H groups in total. The first-order valence-electron chi connectivity index (χ1n) is 9.51. The highest BCUT2D eigenvalue weighted by molar-refractivity contribution is 6.34. The van der Waals surface area contributed by atoms with Crippen molar-refractivity contribution in [2.75, 3.05) is 13.2 Å². The third kappa shape index (κ3) is 3.70. The molecule has 0 aliphatic rings. The Hall–Kier alpha value is -2.78. The molecule has 0 unspecified atom stereocenters. The Morgan fingerprint density at radius 1 is 1.17 bits per heavy atom. The summed E-state index contributed by atoms with van der Waals surface area (Å²) in [5.74, 6) is 0.912. The van der Waals surface area contributed by atoms with Crippen molar-refractivity contribution in [3.05, 3.63) is 53.0 Å². The zero-order valence-corrected chi connectivity index (χ0v) is 17.1. The quantitative estimate of drug-likeness (QED) is 0.408. The Labute approximate surface area is 177 Å². The van der Waals surface area contributed by atoms with E-state index >= 15 is 0 Å². The highest BCUT2D eigenvalue weighted by Crippen LogP contribution is 2.35. The molecule has 0 saturated carbocycles. The number of aryl methyl sites for hydroxylation is 1. The zero-order valence-electron chi connectivity index (χ0n) is 16.3. The van der Waals surface area contributed by atoms with E-state index in [0.717, 1.165) is 24.1 Å². The van der Waals surface area contributed by atoms with Gasteiger partial charge in [0.15, 0.2) is 0 Å². The predicted molar refractivity (Wildman–Crippen MR) is 112 cm³/mol. The average molecular weight is 429 g/mol. The molecule has 0 spiro atoms. The van der Waals surface area contributed by atoms with Gasteiger partial charge in [-0.1, -0.05) is 30.1 Å². The molecule has 0 atom stereocenters. The first-order chi connectivity index (χ1) is 14.5. The number of rotatable bonds is 7. The van der Waals surface area contributed by atoms with Crippen molar-refractivity contribution in [3.63, 3.8) is 0 Å². The molecule has 4 aromatic rings. The maximum Gasteiger partial charge on any atom is 0.259 e. The molecule has 3 aromatic heterocycles. The van der Waals surface area contributed by atoms with E-state index in [1.807, 2.05) is 12.1 Å². The van der Waals surface area contributed by atoms with Crippen molar-refractivity contribution in [2.45, 2.75) is 25.3 Å². The molecule has 0 amide bonds. The molecule has 1 aromatic carbocycles. The molecule has 0 saturated heterocycles. The summed E-state index contributed by atoms with van der Waals surface area (Å²) >= 11 is 6.42. The Bertz CT molecular complexity index is 1170. The van der Waals surface area contributed by atoms with Gasteiger partial charge < -0.3 is 24.9 Å². The van der Waals surface area contributed by atoms with Gasteiger partial charge in [-0.25, -0.2) is 0 Å². The topological polar surface area (TPSA) is 131 Å². The van der Waals surface area contributed by atoms with Gasteiger partial charge in [-0.05, 0) is 30.7 Å². The number of benzene rings is 1. The Morgan fingerprint density at radius 2 is 1.97 bits per heavy atom. The van der Waals surface area contributed by atoms with Gasteiger partial charge in [0.1, 0.15) is 16.9 Å². The Balaban J connectivity index is 1.69. The minimum absolute atomic E-state index is 0.253. The fourth-order valence-corrected chi connectivity index (χ4v) is 3.33. The molecule has 30 heavy (non-hydrogen) atoms. The molecule has 0 radical (unpaired) electrons. The number of nitrogens with two attached hydrogens (primary N) is 1. The maximum atomic E-state index is 9.50. The number of aliphatic hydroxyl groups excluding tert-OH is 2. The number of nitrogens with zero attached hydrogens (tertiary/aromatic N) is 3. The van der Waals surface area contributed by atoms with Crippen LogP contribution in [0.2, 0.25) is 5.02 Å². The van der Waals surface area contributed by atoms with E-state index in [0.29, 0.717) is 33.3 Å². The van der Waals surface area contributed by atoms with Gasteiger partial charge in [-0.15, -0.1) is 0 Å². The molecule has 0 aliphatic carbocycles. The molecule has 4 rings (SSSR count). The van der Waals surface area contributed by atoms with Crippen LogP contribution in [-0.4, -0.2) is 38.6 Å². The van der Waals surface area contributed by atoms with E-state index in [1.165, 1.54) is 0 Å². The lowest BCUT2D eigenvalue weighted by Gasteiger charge is -2.21. The second-order valence-corrected chi connectivity index (χ2v) is 7.57. The highest BCUT2D eigenvalue weighted by atomic mass is 35.5. The van der Waals surface area contributed by atoms with Crippen LogP contribution in [0.4, 0.5) is 0 Å². The lowest BCUT2D eigenvalue weighted by molar-refractivity contribution is 0.105. The van der Waals surface area contributed by atoms with E-state index in [9.17, 15) is 10.2 Å². The smallest absolute Gasteiger partial charge is 0.259 e. The lowest BCUT2D eigenvalue weighted by Crippen LogP contribution is -2.43. The summed E-state index contributed by atoms with van der Waals surface area (Å²) in [6.45, 7) is 1.16. The first kappa shape index (κ1) is 20.5. The SMILES string of the molecule is CCCc1ccc(-c2nc(-c3cc4cc(C(N)(CO)CO)oc4cc3Cl)no2)cn1. The first-order valence-corrected chi connectivity index (χ1v) is 9.88. The van der Waals surface area contributed by atoms with Crippen LogP contribution in [0.1, 0.15) is 24.8 Å². The summed E-state index contributed by atoms with van der Waals surface area (Å²) in [6.07, 6.45) is 3.64. The van der Waals surface area contributed by atoms with Crippen LogP contribution in [0.25, 0.3) is 33.8 Å². The van der Waals surface area contributed by atoms with Crippen LogP contribution in [-0.2, 0) is 12.0 Å². The monoisotopic (exact) mass is 428 g/mol. The normalized spacial score (nSPS) is 12.0. The molecular formula is C21H21ClN4O4. The van der Waals surface area contributed by atoms with Crippen LogP contribution in [0.5, 0.6) is 0 Å². The third-order valence-corrected chi connectivity index (χ3v) is 5.22. The molecule has 9 heteroatoms.